The molecule has 1 aromatic rings. The van der Waals surface area contributed by atoms with E-state index in [2.05, 4.69) is 21.2 Å². The molecule has 0 radical (unpaired) electrons. The molecule has 0 aliphatic rings. The van der Waals surface area contributed by atoms with Crippen LogP contribution in [0.1, 0.15) is 25.8 Å². The lowest BCUT2D eigenvalue weighted by molar-refractivity contribution is -0.143. The van der Waals surface area contributed by atoms with E-state index in [-0.39, 0.29) is 0 Å². The molecular weight excluding hydrogens is 326 g/mol. The van der Waals surface area contributed by atoms with Gasteiger partial charge in [-0.15, -0.1) is 0 Å². The Hall–Kier alpha value is -1.56. The zero-order valence-electron chi connectivity index (χ0n) is 11.6. The molecule has 0 bridgehead atoms. The van der Waals surface area contributed by atoms with Gasteiger partial charge in [0.05, 0.1) is 4.47 Å². The van der Waals surface area contributed by atoms with Gasteiger partial charge in [-0.2, -0.15) is 0 Å². The SMILES string of the molecule is CCC(NC(=O)C(C)Oc1ccc(C)cc1Br)C(=O)O. The first-order valence-corrected chi connectivity index (χ1v) is 7.10. The van der Waals surface area contributed by atoms with Crippen molar-refractivity contribution in [2.75, 3.05) is 0 Å². The fourth-order valence-corrected chi connectivity index (χ4v) is 2.16. The third kappa shape index (κ3) is 4.52. The molecule has 2 unspecified atom stereocenters. The Kier molecular flexibility index (Phi) is 6.01. The zero-order valence-corrected chi connectivity index (χ0v) is 13.2. The maximum Gasteiger partial charge on any atom is 0.326 e. The predicted octanol–water partition coefficient (Wildman–Crippen LogP) is 2.50. The van der Waals surface area contributed by atoms with Crippen LogP contribution in [0.4, 0.5) is 0 Å². The minimum Gasteiger partial charge on any atom is -0.480 e. The number of hydrogen-bond acceptors (Lipinski definition) is 3. The molecule has 0 aliphatic carbocycles. The van der Waals surface area contributed by atoms with Gasteiger partial charge in [-0.3, -0.25) is 4.79 Å². The van der Waals surface area contributed by atoms with Crippen LogP contribution in [0, 0.1) is 6.92 Å². The summed E-state index contributed by atoms with van der Waals surface area (Å²) >= 11 is 3.36. The summed E-state index contributed by atoms with van der Waals surface area (Å²) in [6.07, 6.45) is -0.454. The van der Waals surface area contributed by atoms with Gasteiger partial charge in [0.15, 0.2) is 6.10 Å². The molecule has 1 aromatic carbocycles. The van der Waals surface area contributed by atoms with Crippen molar-refractivity contribution < 1.29 is 19.4 Å². The van der Waals surface area contributed by atoms with Crippen LogP contribution in [0.25, 0.3) is 0 Å². The summed E-state index contributed by atoms with van der Waals surface area (Å²) in [7, 11) is 0. The molecule has 0 saturated carbocycles. The normalized spacial score (nSPS) is 13.4. The Morgan fingerprint density at radius 2 is 2.10 bits per heavy atom. The number of nitrogens with one attached hydrogen (secondary N) is 1. The second-order valence-corrected chi connectivity index (χ2v) is 5.36. The standard InChI is InChI=1S/C14H18BrNO4/c1-4-11(14(18)19)16-13(17)9(3)20-12-6-5-8(2)7-10(12)15/h5-7,9,11H,4H2,1-3H3,(H,16,17)(H,18,19). The lowest BCUT2D eigenvalue weighted by Crippen LogP contribution is -2.45. The molecule has 6 heteroatoms. The molecule has 0 aliphatic heterocycles. The van der Waals surface area contributed by atoms with Crippen LogP contribution in [-0.4, -0.2) is 29.1 Å². The van der Waals surface area contributed by atoms with Crippen molar-refractivity contribution in [2.45, 2.75) is 39.3 Å². The van der Waals surface area contributed by atoms with E-state index in [1.165, 1.54) is 0 Å². The Balaban J connectivity index is 2.68. The Morgan fingerprint density at radius 3 is 2.60 bits per heavy atom. The van der Waals surface area contributed by atoms with Crippen molar-refractivity contribution in [3.05, 3.63) is 28.2 Å². The van der Waals surface area contributed by atoms with Gasteiger partial charge < -0.3 is 15.2 Å². The van der Waals surface area contributed by atoms with Gasteiger partial charge in [0.1, 0.15) is 11.8 Å². The van der Waals surface area contributed by atoms with Crippen LogP contribution in [0.2, 0.25) is 0 Å². The maximum absolute atomic E-state index is 11.9. The number of aryl methyl sites for hydroxylation is 1. The zero-order chi connectivity index (χ0) is 15.3. The minimum absolute atomic E-state index is 0.321. The Morgan fingerprint density at radius 1 is 1.45 bits per heavy atom. The van der Waals surface area contributed by atoms with Gasteiger partial charge in [0, 0.05) is 0 Å². The van der Waals surface area contributed by atoms with Crippen LogP contribution in [0.15, 0.2) is 22.7 Å². The van der Waals surface area contributed by atoms with E-state index in [0.717, 1.165) is 10.0 Å². The number of ether oxygens (including phenoxy) is 1. The first-order valence-electron chi connectivity index (χ1n) is 6.31. The molecule has 2 atom stereocenters. The molecule has 20 heavy (non-hydrogen) atoms. The van der Waals surface area contributed by atoms with Crippen LogP contribution in [0.3, 0.4) is 0 Å². The quantitative estimate of drug-likeness (QED) is 0.831. The van der Waals surface area contributed by atoms with Crippen molar-refractivity contribution in [1.29, 1.82) is 0 Å². The van der Waals surface area contributed by atoms with E-state index >= 15 is 0 Å². The van der Waals surface area contributed by atoms with Crippen molar-refractivity contribution in [1.82, 2.24) is 5.32 Å². The highest BCUT2D eigenvalue weighted by Gasteiger charge is 2.22. The predicted molar refractivity (Wildman–Crippen MR) is 78.8 cm³/mol. The first kappa shape index (κ1) is 16.5. The summed E-state index contributed by atoms with van der Waals surface area (Å²) in [4.78, 5) is 22.8. The number of aliphatic carboxylic acids is 1. The second kappa shape index (κ2) is 7.28. The van der Waals surface area contributed by atoms with E-state index in [1.807, 2.05) is 19.1 Å². The molecule has 0 aromatic heterocycles. The summed E-state index contributed by atoms with van der Waals surface area (Å²) in [5.74, 6) is -0.960. The van der Waals surface area contributed by atoms with Gasteiger partial charge in [-0.25, -0.2) is 4.79 Å². The monoisotopic (exact) mass is 343 g/mol. The van der Waals surface area contributed by atoms with E-state index in [4.69, 9.17) is 9.84 Å². The summed E-state index contributed by atoms with van der Waals surface area (Å²) in [5, 5.41) is 11.3. The van der Waals surface area contributed by atoms with Crippen LogP contribution in [0.5, 0.6) is 5.75 Å². The van der Waals surface area contributed by atoms with E-state index < -0.39 is 24.0 Å². The van der Waals surface area contributed by atoms with Gasteiger partial charge in [-0.1, -0.05) is 13.0 Å². The average Bonchev–Trinajstić information content (AvgIpc) is 2.38. The van der Waals surface area contributed by atoms with Crippen LogP contribution in [-0.2, 0) is 9.59 Å². The van der Waals surface area contributed by atoms with Gasteiger partial charge >= 0.3 is 5.97 Å². The van der Waals surface area contributed by atoms with E-state index in [0.29, 0.717) is 12.2 Å². The summed E-state index contributed by atoms with van der Waals surface area (Å²) in [6, 6.07) is 4.62. The van der Waals surface area contributed by atoms with Gasteiger partial charge in [0.25, 0.3) is 5.91 Å². The number of benzene rings is 1. The molecule has 0 fully saturated rings. The smallest absolute Gasteiger partial charge is 0.326 e. The maximum atomic E-state index is 11.9. The van der Waals surface area contributed by atoms with Crippen molar-refractivity contribution in [2.24, 2.45) is 0 Å². The molecule has 0 saturated heterocycles. The first-order chi connectivity index (χ1) is 9.35. The number of carboxylic acids is 1. The molecule has 5 nitrogen and oxygen atoms in total. The van der Waals surface area contributed by atoms with Crippen LogP contribution >= 0.6 is 15.9 Å². The highest BCUT2D eigenvalue weighted by Crippen LogP contribution is 2.26. The topological polar surface area (TPSA) is 75.6 Å². The number of carboxylic acid groups (broad SMARTS) is 1. The van der Waals surface area contributed by atoms with E-state index in [9.17, 15) is 9.59 Å². The lowest BCUT2D eigenvalue weighted by atomic mass is 10.2. The average molecular weight is 344 g/mol. The number of carbonyl (C=O) groups is 2. The Labute approximate surface area is 126 Å². The van der Waals surface area contributed by atoms with Gasteiger partial charge in [0.2, 0.25) is 0 Å². The fourth-order valence-electron chi connectivity index (χ4n) is 1.57. The summed E-state index contributed by atoms with van der Waals surface area (Å²) in [5.41, 5.74) is 1.07. The third-order valence-corrected chi connectivity index (χ3v) is 3.40. The van der Waals surface area contributed by atoms with Crippen molar-refractivity contribution in [3.63, 3.8) is 0 Å². The van der Waals surface area contributed by atoms with Crippen LogP contribution < -0.4 is 10.1 Å². The largest absolute Gasteiger partial charge is 0.480 e. The van der Waals surface area contributed by atoms with Crippen molar-refractivity contribution >= 4 is 27.8 Å². The second-order valence-electron chi connectivity index (χ2n) is 4.50. The van der Waals surface area contributed by atoms with Gasteiger partial charge in [-0.05, 0) is 53.9 Å². The lowest BCUT2D eigenvalue weighted by Gasteiger charge is -2.18. The minimum atomic E-state index is -1.05. The molecule has 1 amide bonds. The summed E-state index contributed by atoms with van der Waals surface area (Å²) < 4.78 is 6.29. The molecule has 0 heterocycles. The number of carbonyl (C=O) groups excluding carboxylic acids is 1. The number of hydrogen-bond donors (Lipinski definition) is 2. The molecule has 2 N–H and O–H groups in total. The molecule has 110 valence electrons. The third-order valence-electron chi connectivity index (χ3n) is 2.78. The Bertz CT molecular complexity index is 504. The molecular formula is C14H18BrNO4. The van der Waals surface area contributed by atoms with Crippen molar-refractivity contribution in [3.8, 4) is 5.75 Å². The highest BCUT2D eigenvalue weighted by atomic mass is 79.9. The fraction of sp³-hybridized carbons (Fsp3) is 0.429. The molecule has 1 rings (SSSR count). The number of rotatable bonds is 6. The number of halogens is 1. The van der Waals surface area contributed by atoms with E-state index in [1.54, 1.807) is 19.9 Å². The summed E-state index contributed by atoms with van der Waals surface area (Å²) in [6.45, 7) is 5.22. The number of amides is 1. The molecule has 0 spiro atoms. The highest BCUT2D eigenvalue weighted by molar-refractivity contribution is 9.10.